The predicted octanol–water partition coefficient (Wildman–Crippen LogP) is 4.54. The average Bonchev–Trinajstić information content (AvgIpc) is 3.10. The molecule has 0 unspecified atom stereocenters. The minimum Gasteiger partial charge on any atom is -0.355 e. The number of hydrogen-bond donors (Lipinski definition) is 1. The summed E-state index contributed by atoms with van der Waals surface area (Å²) in [5.74, 6) is 1.33. The van der Waals surface area contributed by atoms with Gasteiger partial charge in [-0.15, -0.1) is 0 Å². The fourth-order valence-corrected chi connectivity index (χ4v) is 2.48. The summed E-state index contributed by atoms with van der Waals surface area (Å²) in [5.41, 5.74) is 6.37. The van der Waals surface area contributed by atoms with Gasteiger partial charge >= 0.3 is 0 Å². The van der Waals surface area contributed by atoms with Gasteiger partial charge in [0, 0.05) is 11.4 Å². The maximum Gasteiger partial charge on any atom is 0.0460 e. The highest BCUT2D eigenvalue weighted by atomic mass is 14.9. The molecule has 3 rings (SSSR count). The number of fused-ring (bicyclic) bond motifs is 1. The first-order chi connectivity index (χ1) is 8.15. The van der Waals surface area contributed by atoms with Crippen molar-refractivity contribution in [2.75, 3.05) is 5.32 Å². The molecule has 1 aromatic rings. The van der Waals surface area contributed by atoms with Gasteiger partial charge in [-0.25, -0.2) is 0 Å². The third kappa shape index (κ3) is 1.90. The first-order valence-corrected chi connectivity index (χ1v) is 6.47. The number of rotatable bonds is 2. The van der Waals surface area contributed by atoms with Crippen LogP contribution < -0.4 is 5.32 Å². The molecule has 0 aromatic heterocycles. The van der Waals surface area contributed by atoms with E-state index in [9.17, 15) is 0 Å². The van der Waals surface area contributed by atoms with Crippen molar-refractivity contribution in [2.24, 2.45) is 5.92 Å². The summed E-state index contributed by atoms with van der Waals surface area (Å²) in [6, 6.07) is 6.82. The summed E-state index contributed by atoms with van der Waals surface area (Å²) in [6.45, 7) is 8.55. The maximum absolute atomic E-state index is 4.13. The highest BCUT2D eigenvalue weighted by Gasteiger charge is 2.25. The van der Waals surface area contributed by atoms with Crippen molar-refractivity contribution in [3.05, 3.63) is 47.2 Å². The van der Waals surface area contributed by atoms with Crippen LogP contribution in [0.2, 0.25) is 0 Å². The fraction of sp³-hybridized carbons (Fsp3) is 0.375. The summed E-state index contributed by atoms with van der Waals surface area (Å²) in [4.78, 5) is 0. The quantitative estimate of drug-likeness (QED) is 0.779. The lowest BCUT2D eigenvalue weighted by Crippen LogP contribution is -2.11. The predicted molar refractivity (Wildman–Crippen MR) is 74.0 cm³/mol. The summed E-state index contributed by atoms with van der Waals surface area (Å²) in [7, 11) is 0. The molecule has 1 aliphatic carbocycles. The molecule has 0 radical (unpaired) electrons. The number of nitrogens with one attached hydrogen (secondary N) is 1. The Bertz CT molecular complexity index is 504. The topological polar surface area (TPSA) is 12.0 Å². The Morgan fingerprint density at radius 3 is 2.71 bits per heavy atom. The Morgan fingerprint density at radius 1 is 1.29 bits per heavy atom. The van der Waals surface area contributed by atoms with Crippen molar-refractivity contribution in [1.82, 2.24) is 0 Å². The first-order valence-electron chi connectivity index (χ1n) is 6.47. The molecule has 1 saturated carbocycles. The third-order valence-corrected chi connectivity index (χ3v) is 3.69. The zero-order valence-corrected chi connectivity index (χ0v) is 10.6. The van der Waals surface area contributed by atoms with Gasteiger partial charge in [-0.1, -0.05) is 32.6 Å². The van der Waals surface area contributed by atoms with Gasteiger partial charge in [-0.2, -0.15) is 0 Å². The van der Waals surface area contributed by atoms with Gasteiger partial charge in [0.05, 0.1) is 0 Å². The Hall–Kier alpha value is -1.50. The van der Waals surface area contributed by atoms with E-state index >= 15 is 0 Å². The zero-order valence-electron chi connectivity index (χ0n) is 10.6. The highest BCUT2D eigenvalue weighted by Crippen LogP contribution is 2.42. The standard InChI is InChI=1S/C16H19N/c1-10(2)15-8-14-7-6-13(12-4-5-12)9-16(14)17-11(15)3/h6-10,12,17H,3-5H2,1-2H3. The fourth-order valence-electron chi connectivity index (χ4n) is 2.48. The van der Waals surface area contributed by atoms with Crippen LogP contribution in [0.3, 0.4) is 0 Å². The van der Waals surface area contributed by atoms with Gasteiger partial charge in [0.2, 0.25) is 0 Å². The van der Waals surface area contributed by atoms with E-state index < -0.39 is 0 Å². The number of benzene rings is 1. The SMILES string of the molecule is C=C1Nc2cc(C3CC3)ccc2C=C1C(C)C. The van der Waals surface area contributed by atoms with Crippen LogP contribution in [-0.2, 0) is 0 Å². The summed E-state index contributed by atoms with van der Waals surface area (Å²) >= 11 is 0. The van der Waals surface area contributed by atoms with Crippen molar-refractivity contribution in [3.8, 4) is 0 Å². The molecule has 1 heteroatoms. The molecule has 0 spiro atoms. The molecule has 0 saturated heterocycles. The van der Waals surface area contributed by atoms with Crippen molar-refractivity contribution in [1.29, 1.82) is 0 Å². The molecule has 1 N–H and O–H groups in total. The second-order valence-corrected chi connectivity index (χ2v) is 5.48. The van der Waals surface area contributed by atoms with Crippen LogP contribution in [0.15, 0.2) is 36.0 Å². The Balaban J connectivity index is 2.01. The molecule has 1 aromatic carbocycles. The van der Waals surface area contributed by atoms with Crippen LogP contribution in [-0.4, -0.2) is 0 Å². The molecule has 88 valence electrons. The lowest BCUT2D eigenvalue weighted by Gasteiger charge is -2.24. The molecule has 0 amide bonds. The van der Waals surface area contributed by atoms with Crippen LogP contribution in [0, 0.1) is 5.92 Å². The molecular weight excluding hydrogens is 206 g/mol. The van der Waals surface area contributed by atoms with Gasteiger partial charge < -0.3 is 5.32 Å². The van der Waals surface area contributed by atoms with E-state index in [0.29, 0.717) is 5.92 Å². The van der Waals surface area contributed by atoms with Gasteiger partial charge in [0.25, 0.3) is 0 Å². The molecule has 0 atom stereocenters. The van der Waals surface area contributed by atoms with Gasteiger partial charge in [0.15, 0.2) is 0 Å². The lowest BCUT2D eigenvalue weighted by molar-refractivity contribution is 0.784. The third-order valence-electron chi connectivity index (χ3n) is 3.69. The molecule has 1 aliphatic heterocycles. The van der Waals surface area contributed by atoms with E-state index in [-0.39, 0.29) is 0 Å². The van der Waals surface area contributed by atoms with Crippen LogP contribution in [0.1, 0.15) is 43.7 Å². The van der Waals surface area contributed by atoms with E-state index in [1.807, 2.05) is 0 Å². The minimum atomic E-state index is 0.520. The molecule has 2 aliphatic rings. The van der Waals surface area contributed by atoms with Crippen LogP contribution in [0.25, 0.3) is 6.08 Å². The van der Waals surface area contributed by atoms with Gasteiger partial charge in [-0.3, -0.25) is 0 Å². The van der Waals surface area contributed by atoms with Crippen LogP contribution in [0.5, 0.6) is 0 Å². The van der Waals surface area contributed by atoms with Gasteiger partial charge in [-0.05, 0) is 53.5 Å². The molecule has 1 heterocycles. The number of anilines is 1. The van der Waals surface area contributed by atoms with Crippen molar-refractivity contribution in [2.45, 2.75) is 32.6 Å². The average molecular weight is 225 g/mol. The van der Waals surface area contributed by atoms with Gasteiger partial charge in [0.1, 0.15) is 0 Å². The van der Waals surface area contributed by atoms with Crippen molar-refractivity contribution in [3.63, 3.8) is 0 Å². The highest BCUT2D eigenvalue weighted by molar-refractivity contribution is 5.78. The Kier molecular flexibility index (Phi) is 2.36. The van der Waals surface area contributed by atoms with Crippen molar-refractivity contribution >= 4 is 11.8 Å². The van der Waals surface area contributed by atoms with E-state index in [2.05, 4.69) is 50.0 Å². The van der Waals surface area contributed by atoms with E-state index in [1.165, 1.54) is 35.2 Å². The Morgan fingerprint density at radius 2 is 2.06 bits per heavy atom. The molecular formula is C16H19N. The summed E-state index contributed by atoms with van der Waals surface area (Å²) in [6.07, 6.45) is 4.98. The summed E-state index contributed by atoms with van der Waals surface area (Å²) < 4.78 is 0. The molecule has 17 heavy (non-hydrogen) atoms. The first kappa shape index (κ1) is 10.6. The second-order valence-electron chi connectivity index (χ2n) is 5.48. The van der Waals surface area contributed by atoms with Crippen LogP contribution >= 0.6 is 0 Å². The largest absolute Gasteiger partial charge is 0.355 e. The number of hydrogen-bond acceptors (Lipinski definition) is 1. The number of allylic oxidation sites excluding steroid dienone is 1. The minimum absolute atomic E-state index is 0.520. The lowest BCUT2D eigenvalue weighted by atomic mass is 9.93. The molecule has 0 bridgehead atoms. The normalized spacial score (nSPS) is 18.8. The van der Waals surface area contributed by atoms with E-state index in [0.717, 1.165) is 11.6 Å². The summed E-state index contributed by atoms with van der Waals surface area (Å²) in [5, 5.41) is 3.45. The maximum atomic E-state index is 4.13. The van der Waals surface area contributed by atoms with Crippen LogP contribution in [0.4, 0.5) is 5.69 Å². The van der Waals surface area contributed by atoms with E-state index in [4.69, 9.17) is 0 Å². The second kappa shape index (κ2) is 3.76. The monoisotopic (exact) mass is 225 g/mol. The van der Waals surface area contributed by atoms with Crippen molar-refractivity contribution < 1.29 is 0 Å². The smallest absolute Gasteiger partial charge is 0.0460 e. The molecule has 1 nitrogen and oxygen atoms in total. The van der Waals surface area contributed by atoms with E-state index in [1.54, 1.807) is 0 Å². The Labute approximate surface area is 103 Å². The molecule has 1 fully saturated rings. The zero-order chi connectivity index (χ0) is 12.0.